The number of halogens is 2. The molecule has 0 spiro atoms. The Balaban J connectivity index is 0.000000213. The zero-order valence-electron chi connectivity index (χ0n) is 62.5. The van der Waals surface area contributed by atoms with Crippen LogP contribution in [0.3, 0.4) is 0 Å². The summed E-state index contributed by atoms with van der Waals surface area (Å²) in [4.78, 5) is 4.68. The van der Waals surface area contributed by atoms with Gasteiger partial charge in [0.15, 0.2) is 0 Å². The fourth-order valence-electron chi connectivity index (χ4n) is 14.0. The van der Waals surface area contributed by atoms with Crippen molar-refractivity contribution in [3.05, 3.63) is 297 Å². The number of nitrogens with zero attached hydrogens (tertiary/aromatic N) is 2. The average molecular weight is 1580 g/mol. The SMILES string of the molecule is COCCOCCOCCC1(CCOCCOCCOC)c2cc(Br)ccc2-c2ccc(Br)cc21.COCCOCCOCCC1(CCOCCOCCOC)c2cc(N(c3ccccc3)c3ccccc3)ccc2-c2ccc(N(c3ccccc3)c3ccccc3)cc21.c1ccc(Cc2ccccc2)cc1. The normalized spacial score (nSPS) is 12.6. The van der Waals surface area contributed by atoms with E-state index in [1.54, 1.807) is 28.4 Å². The summed E-state index contributed by atoms with van der Waals surface area (Å²) in [7, 11) is 6.71. The molecule has 2 aliphatic rings. The van der Waals surface area contributed by atoms with Crippen molar-refractivity contribution in [2.75, 3.05) is 170 Å². The number of anilines is 6. The summed E-state index contributed by atoms with van der Waals surface area (Å²) in [6, 6.07) is 90.5. The lowest BCUT2D eigenvalue weighted by molar-refractivity contribution is 0.0145. The Morgan fingerprint density at radius 1 is 0.234 bits per heavy atom. The molecule has 0 fully saturated rings. The van der Waals surface area contributed by atoms with E-state index in [1.807, 2.05) is 0 Å². The Labute approximate surface area is 651 Å². The van der Waals surface area contributed by atoms with Gasteiger partial charge in [-0.1, -0.05) is 190 Å². The molecule has 0 aliphatic heterocycles. The second-order valence-electron chi connectivity index (χ2n) is 26.0. The van der Waals surface area contributed by atoms with Crippen molar-refractivity contribution < 1.29 is 56.8 Å². The summed E-state index contributed by atoms with van der Waals surface area (Å²) in [5.74, 6) is 0. The van der Waals surface area contributed by atoms with E-state index < -0.39 is 5.41 Å². The third-order valence-corrected chi connectivity index (χ3v) is 20.2. The highest BCUT2D eigenvalue weighted by Crippen LogP contribution is 2.57. The lowest BCUT2D eigenvalue weighted by atomic mass is 9.73. The summed E-state index contributed by atoms with van der Waals surface area (Å²) >= 11 is 7.39. The zero-order chi connectivity index (χ0) is 74.4. The summed E-state index contributed by atoms with van der Waals surface area (Å²) < 4.78 is 69.9. The molecular weight excluding hydrogens is 1470 g/mol. The van der Waals surface area contributed by atoms with Crippen molar-refractivity contribution in [2.24, 2.45) is 0 Å². The van der Waals surface area contributed by atoms with Crippen LogP contribution in [0.1, 0.15) is 59.1 Å². The number of hydrogen-bond donors (Lipinski definition) is 0. The first-order chi connectivity index (χ1) is 52.8. The maximum Gasteiger partial charge on any atom is 0.0701 e. The van der Waals surface area contributed by atoms with E-state index in [0.29, 0.717) is 132 Å². The highest BCUT2D eigenvalue weighted by Gasteiger charge is 2.45. The second kappa shape index (κ2) is 45.3. The highest BCUT2D eigenvalue weighted by atomic mass is 79.9. The molecule has 0 atom stereocenters. The molecule has 0 N–H and O–H groups in total. The van der Waals surface area contributed by atoms with Gasteiger partial charge in [-0.3, -0.25) is 0 Å². The van der Waals surface area contributed by atoms with Crippen molar-refractivity contribution >= 4 is 66.0 Å². The molecule has 12 rings (SSSR count). The fraction of sp³-hybridized carbons (Fsp3) is 0.341. The van der Waals surface area contributed by atoms with Crippen LogP contribution < -0.4 is 9.80 Å². The largest absolute Gasteiger partial charge is 0.382 e. The van der Waals surface area contributed by atoms with Gasteiger partial charge in [-0.15, -0.1) is 0 Å². The van der Waals surface area contributed by atoms with E-state index in [9.17, 15) is 0 Å². The molecule has 16 heteroatoms. The predicted octanol–water partition coefficient (Wildman–Crippen LogP) is 19.9. The molecule has 0 bridgehead atoms. The van der Waals surface area contributed by atoms with Gasteiger partial charge in [0.05, 0.1) is 106 Å². The standard InChI is InChI=1S/C51H56N2O6.C27H36Br2O6.C13H12/c1-54-31-33-58-37-35-56-29-27-51(28-30-57-36-38-59-34-32-55-2)49-39-45(52(41-15-7-3-8-16-41)42-17-9-4-10-18-42)23-25-47(49)48-26-24-46(40-50(48)51)53(43-19-11-5-12-20-43)44-21-13-6-14-22-44;1-30-11-13-34-17-15-32-9-7-27(8-10-33-16-18-35-14-12-31-2)25-19-21(28)3-5-23(25)24-6-4-22(29)20-26(24)27;1-3-7-12(8-4-1)11-13-9-5-2-6-10-13/h3-26,39-40H,27-38H2,1-2H3;3-6,19-20H,7-18H2,1-2H3;1-10H,11H2. The van der Waals surface area contributed by atoms with Gasteiger partial charge in [0.2, 0.25) is 0 Å². The zero-order valence-corrected chi connectivity index (χ0v) is 65.6. The van der Waals surface area contributed by atoms with Gasteiger partial charge in [0.1, 0.15) is 0 Å². The Hall–Kier alpha value is -7.72. The molecule has 0 heterocycles. The van der Waals surface area contributed by atoms with Crippen LogP contribution in [0.2, 0.25) is 0 Å². The smallest absolute Gasteiger partial charge is 0.0701 e. The maximum absolute atomic E-state index is 6.39. The van der Waals surface area contributed by atoms with Crippen LogP contribution in [-0.2, 0) is 74.1 Å². The van der Waals surface area contributed by atoms with Crippen molar-refractivity contribution in [1.29, 1.82) is 0 Å². The Bertz CT molecular complexity index is 3790. The molecule has 2 aliphatic carbocycles. The second-order valence-corrected chi connectivity index (χ2v) is 27.9. The van der Waals surface area contributed by atoms with Gasteiger partial charge in [-0.2, -0.15) is 0 Å². The first-order valence-corrected chi connectivity index (χ1v) is 38.7. The molecule has 10 aromatic rings. The summed E-state index contributed by atoms with van der Waals surface area (Å²) in [6.07, 6.45) is 4.23. The number of benzene rings is 10. The van der Waals surface area contributed by atoms with E-state index >= 15 is 0 Å². The monoisotopic (exact) mass is 1570 g/mol. The molecule has 107 heavy (non-hydrogen) atoms. The van der Waals surface area contributed by atoms with Crippen LogP contribution in [0.5, 0.6) is 0 Å². The van der Waals surface area contributed by atoms with Crippen LogP contribution in [0, 0.1) is 0 Å². The number of ether oxygens (including phenoxy) is 12. The molecule has 0 amide bonds. The van der Waals surface area contributed by atoms with Gasteiger partial charge in [-0.25, -0.2) is 0 Å². The third kappa shape index (κ3) is 23.6. The molecular formula is C91H104Br2N2O12. The van der Waals surface area contributed by atoms with Crippen molar-refractivity contribution in [2.45, 2.75) is 42.9 Å². The van der Waals surface area contributed by atoms with Crippen molar-refractivity contribution in [1.82, 2.24) is 0 Å². The van der Waals surface area contributed by atoms with Gasteiger partial charge in [0, 0.05) is 109 Å². The van der Waals surface area contributed by atoms with Crippen LogP contribution in [-0.4, -0.2) is 161 Å². The van der Waals surface area contributed by atoms with Crippen LogP contribution in [0.15, 0.2) is 264 Å². The molecule has 0 unspecified atom stereocenters. The number of methoxy groups -OCH3 is 4. The Morgan fingerprint density at radius 3 is 0.720 bits per heavy atom. The van der Waals surface area contributed by atoms with E-state index in [2.05, 4.69) is 296 Å². The highest BCUT2D eigenvalue weighted by molar-refractivity contribution is 9.10. The fourth-order valence-corrected chi connectivity index (χ4v) is 14.7. The first kappa shape index (κ1) is 81.8. The van der Waals surface area contributed by atoms with Crippen molar-refractivity contribution in [3.63, 3.8) is 0 Å². The van der Waals surface area contributed by atoms with E-state index in [0.717, 1.165) is 75.2 Å². The topological polar surface area (TPSA) is 117 Å². The van der Waals surface area contributed by atoms with Crippen LogP contribution in [0.4, 0.5) is 34.1 Å². The molecule has 14 nitrogen and oxygen atoms in total. The van der Waals surface area contributed by atoms with Gasteiger partial charge in [0.25, 0.3) is 0 Å². The number of para-hydroxylation sites is 4. The summed E-state index contributed by atoms with van der Waals surface area (Å²) in [5, 5.41) is 0. The lowest BCUT2D eigenvalue weighted by Gasteiger charge is -2.34. The minimum atomic E-state index is -0.442. The first-order valence-electron chi connectivity index (χ1n) is 37.2. The molecule has 0 aromatic heterocycles. The van der Waals surface area contributed by atoms with Crippen LogP contribution in [0.25, 0.3) is 22.3 Å². The Morgan fingerprint density at radius 2 is 0.458 bits per heavy atom. The van der Waals surface area contributed by atoms with Crippen molar-refractivity contribution in [3.8, 4) is 22.3 Å². The quantitative estimate of drug-likeness (QED) is 0.0337. The molecule has 0 saturated carbocycles. The van der Waals surface area contributed by atoms with Gasteiger partial charge >= 0.3 is 0 Å². The molecule has 10 aromatic carbocycles. The van der Waals surface area contributed by atoms with E-state index in [1.165, 1.54) is 55.6 Å². The number of fused-ring (bicyclic) bond motifs is 6. The summed E-state index contributed by atoms with van der Waals surface area (Å²) in [6.45, 7) is 11.2. The van der Waals surface area contributed by atoms with Gasteiger partial charge in [-0.05, 0) is 185 Å². The number of hydrogen-bond acceptors (Lipinski definition) is 14. The van der Waals surface area contributed by atoms with E-state index in [-0.39, 0.29) is 5.41 Å². The minimum absolute atomic E-state index is 0.202. The van der Waals surface area contributed by atoms with E-state index in [4.69, 9.17) is 56.8 Å². The number of rotatable bonds is 44. The molecule has 564 valence electrons. The predicted molar refractivity (Wildman–Crippen MR) is 438 cm³/mol. The third-order valence-electron chi connectivity index (χ3n) is 19.2. The summed E-state index contributed by atoms with van der Waals surface area (Å²) in [5.41, 5.74) is 18.8. The minimum Gasteiger partial charge on any atom is -0.382 e. The van der Waals surface area contributed by atoms with Crippen LogP contribution >= 0.6 is 31.9 Å². The molecule has 0 radical (unpaired) electrons. The van der Waals surface area contributed by atoms with Gasteiger partial charge < -0.3 is 66.6 Å². The lowest BCUT2D eigenvalue weighted by Crippen LogP contribution is -2.30. The Kier molecular flexibility index (Phi) is 34.6. The molecule has 0 saturated heterocycles. The maximum atomic E-state index is 6.39. The average Bonchev–Trinajstić information content (AvgIpc) is 1.57.